The Balaban J connectivity index is 2.51. The van der Waals surface area contributed by atoms with Crippen LogP contribution in [0.25, 0.3) is 10.7 Å². The molecule has 96 valence electrons. The second-order valence-corrected chi connectivity index (χ2v) is 7.38. The normalized spacial score (nSPS) is 10.9. The zero-order valence-corrected chi connectivity index (χ0v) is 14.8. The van der Waals surface area contributed by atoms with Crippen LogP contribution < -0.4 is 5.73 Å². The highest BCUT2D eigenvalue weighted by Gasteiger charge is 2.14. The number of hydrogen-bond acceptors (Lipinski definition) is 5. The molecule has 2 rings (SSSR count). The molecule has 4 nitrogen and oxygen atoms in total. The zero-order chi connectivity index (χ0) is 13.3. The Hall–Kier alpha value is -0.0200. The molecule has 0 aliphatic carbocycles. The molecular formula is C10H8Br3N3OS. The second-order valence-electron chi connectivity index (χ2n) is 3.36. The molecule has 0 spiro atoms. The summed E-state index contributed by atoms with van der Waals surface area (Å²) in [5.74, 6) is 1.01. The minimum Gasteiger partial charge on any atom is -0.383 e. The third kappa shape index (κ3) is 2.93. The first-order valence-electron chi connectivity index (χ1n) is 4.79. The van der Waals surface area contributed by atoms with Crippen molar-refractivity contribution < 1.29 is 4.74 Å². The predicted molar refractivity (Wildman–Crippen MR) is 83.6 cm³/mol. The lowest BCUT2D eigenvalue weighted by Crippen LogP contribution is -2.03. The van der Waals surface area contributed by atoms with E-state index in [1.807, 2.05) is 6.07 Å². The summed E-state index contributed by atoms with van der Waals surface area (Å²) in [6.45, 7) is 0.383. The molecule has 0 aromatic carbocycles. The van der Waals surface area contributed by atoms with E-state index in [0.717, 1.165) is 18.8 Å². The van der Waals surface area contributed by atoms with Crippen molar-refractivity contribution in [3.05, 3.63) is 24.5 Å². The summed E-state index contributed by atoms with van der Waals surface area (Å²) in [5, 5.41) is 0. The average Bonchev–Trinajstić information content (AvgIpc) is 2.65. The van der Waals surface area contributed by atoms with Crippen LogP contribution in [0.15, 0.2) is 18.8 Å². The zero-order valence-electron chi connectivity index (χ0n) is 9.21. The van der Waals surface area contributed by atoms with E-state index in [-0.39, 0.29) is 0 Å². The van der Waals surface area contributed by atoms with Gasteiger partial charge in [0.25, 0.3) is 0 Å². The van der Waals surface area contributed by atoms with Gasteiger partial charge in [0.1, 0.15) is 5.82 Å². The lowest BCUT2D eigenvalue weighted by atomic mass is 10.3. The molecule has 0 fully saturated rings. The predicted octanol–water partition coefficient (Wildman–Crippen LogP) is 4.22. The molecule has 0 atom stereocenters. The fraction of sp³-hybridized carbons (Fsp3) is 0.200. The van der Waals surface area contributed by atoms with Gasteiger partial charge in [-0.1, -0.05) is 0 Å². The van der Waals surface area contributed by atoms with Gasteiger partial charge in [0.2, 0.25) is 0 Å². The van der Waals surface area contributed by atoms with Crippen LogP contribution >= 0.6 is 59.1 Å². The molecule has 0 unspecified atom stereocenters. The Morgan fingerprint density at radius 2 is 2.06 bits per heavy atom. The van der Waals surface area contributed by atoms with Gasteiger partial charge in [0.05, 0.1) is 25.4 Å². The first kappa shape index (κ1) is 14.4. The Bertz CT molecular complexity index is 568. The van der Waals surface area contributed by atoms with Crippen LogP contribution in [0.4, 0.5) is 5.82 Å². The van der Waals surface area contributed by atoms with Gasteiger partial charge in [0, 0.05) is 11.6 Å². The summed E-state index contributed by atoms with van der Waals surface area (Å²) in [7, 11) is 1.61. The van der Waals surface area contributed by atoms with E-state index in [2.05, 4.69) is 57.8 Å². The lowest BCUT2D eigenvalue weighted by molar-refractivity contribution is 0.181. The highest BCUT2D eigenvalue weighted by molar-refractivity contribution is 9.13. The molecule has 0 aliphatic rings. The Kier molecular flexibility index (Phi) is 4.76. The average molecular weight is 458 g/mol. The minimum absolute atomic E-state index is 0.383. The molecule has 0 saturated heterocycles. The minimum atomic E-state index is 0.383. The highest BCUT2D eigenvalue weighted by atomic mass is 79.9. The topological polar surface area (TPSA) is 61.0 Å². The van der Waals surface area contributed by atoms with E-state index < -0.39 is 0 Å². The first-order chi connectivity index (χ1) is 8.52. The monoisotopic (exact) mass is 455 g/mol. The van der Waals surface area contributed by atoms with Crippen molar-refractivity contribution in [2.75, 3.05) is 12.8 Å². The Morgan fingerprint density at radius 1 is 1.33 bits per heavy atom. The fourth-order valence-corrected chi connectivity index (χ4v) is 3.57. The second kappa shape index (κ2) is 5.96. The van der Waals surface area contributed by atoms with E-state index in [1.54, 1.807) is 18.4 Å². The number of methoxy groups -OCH3 is 1. The van der Waals surface area contributed by atoms with Gasteiger partial charge in [-0.3, -0.25) is 0 Å². The molecule has 0 saturated carbocycles. The summed E-state index contributed by atoms with van der Waals surface area (Å²) in [5.41, 5.74) is 6.60. The summed E-state index contributed by atoms with van der Waals surface area (Å²) in [4.78, 5) is 9.66. The van der Waals surface area contributed by atoms with Crippen LogP contribution in [0.3, 0.4) is 0 Å². The van der Waals surface area contributed by atoms with Crippen LogP contribution in [-0.4, -0.2) is 17.1 Å². The highest BCUT2D eigenvalue weighted by Crippen LogP contribution is 2.37. The van der Waals surface area contributed by atoms with Crippen LogP contribution in [0.2, 0.25) is 0 Å². The summed E-state index contributed by atoms with van der Waals surface area (Å²) in [6.07, 6.45) is 0. The van der Waals surface area contributed by atoms with Crippen molar-refractivity contribution in [2.45, 2.75) is 6.61 Å². The van der Waals surface area contributed by atoms with Crippen molar-refractivity contribution in [1.82, 2.24) is 9.97 Å². The maximum Gasteiger partial charge on any atom is 0.172 e. The van der Waals surface area contributed by atoms with Gasteiger partial charge in [0.15, 0.2) is 5.82 Å². The lowest BCUT2D eigenvalue weighted by Gasteiger charge is -2.07. The van der Waals surface area contributed by atoms with Crippen molar-refractivity contribution in [1.29, 1.82) is 0 Å². The SMILES string of the molecule is COCc1nc(-c2cc(Br)c(Br)s2)nc(N)c1Br. The van der Waals surface area contributed by atoms with Crippen molar-refractivity contribution in [3.8, 4) is 10.7 Å². The number of rotatable bonds is 3. The van der Waals surface area contributed by atoms with Crippen LogP contribution in [0, 0.1) is 0 Å². The summed E-state index contributed by atoms with van der Waals surface area (Å²) < 4.78 is 7.74. The number of nitrogens with zero attached hydrogens (tertiary/aromatic N) is 2. The van der Waals surface area contributed by atoms with Crippen LogP contribution in [0.1, 0.15) is 5.69 Å². The Labute approximate surface area is 133 Å². The number of nitrogens with two attached hydrogens (primary N) is 1. The number of thiophene rings is 1. The van der Waals surface area contributed by atoms with Crippen molar-refractivity contribution >= 4 is 64.9 Å². The van der Waals surface area contributed by atoms with Gasteiger partial charge in [-0.15, -0.1) is 11.3 Å². The maximum atomic E-state index is 5.86. The third-order valence-electron chi connectivity index (χ3n) is 2.09. The molecule has 2 heterocycles. The number of hydrogen-bond donors (Lipinski definition) is 1. The largest absolute Gasteiger partial charge is 0.383 e. The standard InChI is InChI=1S/C10H8Br3N3OS/c1-17-3-5-7(12)9(14)16-10(15-5)6-2-4(11)8(13)18-6/h2H,3H2,1H3,(H2,14,15,16). The smallest absolute Gasteiger partial charge is 0.172 e. The van der Waals surface area contributed by atoms with Gasteiger partial charge in [-0.25, -0.2) is 9.97 Å². The summed E-state index contributed by atoms with van der Waals surface area (Å²) in [6, 6.07) is 1.95. The van der Waals surface area contributed by atoms with E-state index in [1.165, 1.54) is 0 Å². The van der Waals surface area contributed by atoms with E-state index in [0.29, 0.717) is 22.7 Å². The van der Waals surface area contributed by atoms with Crippen molar-refractivity contribution in [2.24, 2.45) is 0 Å². The quantitative estimate of drug-likeness (QED) is 0.749. The molecule has 8 heteroatoms. The fourth-order valence-electron chi connectivity index (χ4n) is 1.31. The molecule has 0 amide bonds. The number of nitrogen functional groups attached to an aromatic ring is 1. The number of anilines is 1. The molecule has 0 aliphatic heterocycles. The van der Waals surface area contributed by atoms with Gasteiger partial charge >= 0.3 is 0 Å². The van der Waals surface area contributed by atoms with Crippen LogP contribution in [-0.2, 0) is 11.3 Å². The molecule has 0 radical (unpaired) electrons. The number of aromatic nitrogens is 2. The Morgan fingerprint density at radius 3 is 2.61 bits per heavy atom. The number of ether oxygens (including phenoxy) is 1. The van der Waals surface area contributed by atoms with Crippen LogP contribution in [0.5, 0.6) is 0 Å². The van der Waals surface area contributed by atoms with E-state index in [4.69, 9.17) is 10.5 Å². The number of halogens is 3. The summed E-state index contributed by atoms with van der Waals surface area (Å²) >= 11 is 11.8. The molecule has 2 N–H and O–H groups in total. The first-order valence-corrected chi connectivity index (χ1v) is 7.98. The van der Waals surface area contributed by atoms with E-state index >= 15 is 0 Å². The van der Waals surface area contributed by atoms with E-state index in [9.17, 15) is 0 Å². The van der Waals surface area contributed by atoms with Gasteiger partial charge in [-0.2, -0.15) is 0 Å². The van der Waals surface area contributed by atoms with Gasteiger partial charge in [-0.05, 0) is 53.9 Å². The molecular weight excluding hydrogens is 450 g/mol. The molecule has 2 aromatic rings. The molecule has 18 heavy (non-hydrogen) atoms. The van der Waals surface area contributed by atoms with Crippen molar-refractivity contribution in [3.63, 3.8) is 0 Å². The maximum absolute atomic E-state index is 5.86. The van der Waals surface area contributed by atoms with Gasteiger partial charge < -0.3 is 10.5 Å². The third-order valence-corrected chi connectivity index (χ3v) is 6.21. The molecule has 0 bridgehead atoms. The molecule has 2 aromatic heterocycles.